The number of allylic oxidation sites excluding steroid dienone is 4. The van der Waals surface area contributed by atoms with Crippen LogP contribution in [0.15, 0.2) is 23.3 Å². The second kappa shape index (κ2) is 6.74. The normalized spacial score (nSPS) is 38.5. The van der Waals surface area contributed by atoms with Gasteiger partial charge in [0.15, 0.2) is 5.78 Å². The Balaban J connectivity index is 1.87. The van der Waals surface area contributed by atoms with Crippen LogP contribution in [-0.2, 0) is 14.3 Å². The molecule has 0 spiro atoms. The van der Waals surface area contributed by atoms with Crippen LogP contribution in [0.5, 0.6) is 0 Å². The van der Waals surface area contributed by atoms with Crippen LogP contribution < -0.4 is 0 Å². The molecule has 0 bridgehead atoms. The summed E-state index contributed by atoms with van der Waals surface area (Å²) in [5, 5.41) is 0. The lowest BCUT2D eigenvalue weighted by molar-refractivity contribution is -0.152. The molecule has 1 saturated carbocycles. The Bertz CT molecular complexity index is 629. The lowest BCUT2D eigenvalue weighted by Gasteiger charge is -2.37. The molecule has 138 valence electrons. The lowest BCUT2D eigenvalue weighted by atomic mass is 9.66. The van der Waals surface area contributed by atoms with Crippen molar-refractivity contribution >= 4 is 11.8 Å². The van der Waals surface area contributed by atoms with Crippen LogP contribution in [0.4, 0.5) is 0 Å². The molecule has 0 aromatic carbocycles. The number of ether oxygens (including phenoxy) is 1. The van der Waals surface area contributed by atoms with Gasteiger partial charge in [-0.25, -0.2) is 0 Å². The van der Waals surface area contributed by atoms with E-state index >= 15 is 0 Å². The van der Waals surface area contributed by atoms with Crippen molar-refractivity contribution in [1.82, 2.24) is 0 Å². The summed E-state index contributed by atoms with van der Waals surface area (Å²) in [6.45, 7) is 8.31. The molecule has 1 fully saturated rings. The Morgan fingerprint density at radius 1 is 1.24 bits per heavy atom. The fourth-order valence-electron chi connectivity index (χ4n) is 5.54. The van der Waals surface area contributed by atoms with Gasteiger partial charge < -0.3 is 4.74 Å². The number of hydrogen-bond donors (Lipinski definition) is 0. The highest BCUT2D eigenvalue weighted by Gasteiger charge is 2.49. The van der Waals surface area contributed by atoms with Crippen LogP contribution in [-0.4, -0.2) is 17.9 Å². The second-order valence-corrected chi connectivity index (χ2v) is 8.67. The van der Waals surface area contributed by atoms with Crippen LogP contribution in [0.2, 0.25) is 0 Å². The minimum Gasteiger partial charge on any atom is -0.462 e. The first-order valence-corrected chi connectivity index (χ1v) is 9.90. The van der Waals surface area contributed by atoms with E-state index in [9.17, 15) is 9.59 Å². The predicted octanol–water partition coefficient (Wildman–Crippen LogP) is 5.15. The van der Waals surface area contributed by atoms with Crippen LogP contribution >= 0.6 is 0 Å². The third-order valence-electron chi connectivity index (χ3n) is 7.31. The van der Waals surface area contributed by atoms with Gasteiger partial charge in [0, 0.05) is 24.2 Å². The van der Waals surface area contributed by atoms with Crippen molar-refractivity contribution in [2.45, 2.75) is 85.2 Å². The van der Waals surface area contributed by atoms with Gasteiger partial charge in [-0.15, -0.1) is 0 Å². The molecule has 0 amide bonds. The summed E-state index contributed by atoms with van der Waals surface area (Å²) in [7, 11) is 0. The molecule has 0 aromatic heterocycles. The van der Waals surface area contributed by atoms with Crippen LogP contribution in [0.3, 0.4) is 0 Å². The molecular formula is C22H32O3. The van der Waals surface area contributed by atoms with E-state index in [4.69, 9.17) is 4.74 Å². The van der Waals surface area contributed by atoms with E-state index in [0.717, 1.165) is 38.5 Å². The number of rotatable bonds is 3. The third kappa shape index (κ3) is 3.22. The molecule has 3 heteroatoms. The summed E-state index contributed by atoms with van der Waals surface area (Å²) in [5.74, 6) is 0.741. The Kier molecular flexibility index (Phi) is 4.96. The van der Waals surface area contributed by atoms with E-state index in [1.165, 1.54) is 24.5 Å². The quantitative estimate of drug-likeness (QED) is 0.525. The first-order valence-electron chi connectivity index (χ1n) is 9.90. The van der Waals surface area contributed by atoms with Crippen molar-refractivity contribution in [1.29, 1.82) is 0 Å². The first kappa shape index (κ1) is 18.4. The second-order valence-electron chi connectivity index (χ2n) is 8.67. The average molecular weight is 344 g/mol. The van der Waals surface area contributed by atoms with Gasteiger partial charge in [-0.1, -0.05) is 38.0 Å². The van der Waals surface area contributed by atoms with Crippen molar-refractivity contribution in [3.8, 4) is 0 Å². The van der Waals surface area contributed by atoms with Crippen LogP contribution in [0.1, 0.15) is 79.1 Å². The average Bonchev–Trinajstić information content (AvgIpc) is 2.75. The standard InChI is InChI=1S/C22H32O3/c1-5-16-14-19(24)11-13-21(16,3)18-7-6-17-8-9-20(25-15(2)23)22(17,4)12-10-18/h10,14,17,20H,5-9,11-13H2,1-4H3/t17?,20?,21-,22-/m0/s1. The van der Waals surface area contributed by atoms with Gasteiger partial charge >= 0.3 is 5.97 Å². The Labute approximate surface area is 151 Å². The van der Waals surface area contributed by atoms with Crippen molar-refractivity contribution in [2.75, 3.05) is 0 Å². The van der Waals surface area contributed by atoms with Crippen LogP contribution in [0.25, 0.3) is 0 Å². The zero-order valence-corrected chi connectivity index (χ0v) is 16.2. The van der Waals surface area contributed by atoms with Crippen LogP contribution in [0, 0.1) is 16.7 Å². The minimum absolute atomic E-state index is 0.0363. The molecule has 0 saturated heterocycles. The minimum atomic E-state index is -0.158. The lowest BCUT2D eigenvalue weighted by Crippen LogP contribution is -2.34. The molecule has 3 aliphatic rings. The smallest absolute Gasteiger partial charge is 0.302 e. The summed E-state index contributed by atoms with van der Waals surface area (Å²) in [6.07, 6.45) is 12.3. The Morgan fingerprint density at radius 3 is 2.68 bits per heavy atom. The summed E-state index contributed by atoms with van der Waals surface area (Å²) in [5.41, 5.74) is 2.90. The van der Waals surface area contributed by atoms with Gasteiger partial charge in [-0.2, -0.15) is 0 Å². The van der Waals surface area contributed by atoms with Crippen molar-refractivity contribution < 1.29 is 14.3 Å². The summed E-state index contributed by atoms with van der Waals surface area (Å²) >= 11 is 0. The van der Waals surface area contributed by atoms with Crippen molar-refractivity contribution in [3.63, 3.8) is 0 Å². The molecule has 0 aliphatic heterocycles. The monoisotopic (exact) mass is 344 g/mol. The van der Waals surface area contributed by atoms with Gasteiger partial charge in [-0.3, -0.25) is 9.59 Å². The van der Waals surface area contributed by atoms with Crippen molar-refractivity contribution in [3.05, 3.63) is 23.3 Å². The highest BCUT2D eigenvalue weighted by molar-refractivity contribution is 5.91. The molecule has 0 radical (unpaired) electrons. The van der Waals surface area contributed by atoms with Crippen molar-refractivity contribution in [2.24, 2.45) is 16.7 Å². The molecule has 0 heterocycles. The van der Waals surface area contributed by atoms with E-state index < -0.39 is 0 Å². The van der Waals surface area contributed by atoms with Gasteiger partial charge in [0.2, 0.25) is 0 Å². The van der Waals surface area contributed by atoms with E-state index in [1.807, 2.05) is 6.08 Å². The van der Waals surface area contributed by atoms with E-state index in [0.29, 0.717) is 12.3 Å². The largest absolute Gasteiger partial charge is 0.462 e. The molecular weight excluding hydrogens is 312 g/mol. The first-order chi connectivity index (χ1) is 11.8. The van der Waals surface area contributed by atoms with Gasteiger partial charge in [0.25, 0.3) is 0 Å². The van der Waals surface area contributed by atoms with E-state index in [2.05, 4.69) is 26.8 Å². The molecule has 3 aliphatic carbocycles. The molecule has 0 N–H and O–H groups in total. The zero-order chi connectivity index (χ0) is 18.2. The highest BCUT2D eigenvalue weighted by Crippen LogP contribution is 2.55. The number of carbonyl (C=O) groups is 2. The maximum atomic E-state index is 11.9. The number of hydrogen-bond acceptors (Lipinski definition) is 3. The Morgan fingerprint density at radius 2 is 2.00 bits per heavy atom. The maximum absolute atomic E-state index is 11.9. The predicted molar refractivity (Wildman–Crippen MR) is 99.0 cm³/mol. The number of ketones is 1. The molecule has 3 rings (SSSR count). The fourth-order valence-corrected chi connectivity index (χ4v) is 5.54. The summed E-state index contributed by atoms with van der Waals surface area (Å²) < 4.78 is 5.68. The topological polar surface area (TPSA) is 43.4 Å². The fraction of sp³-hybridized carbons (Fsp3) is 0.727. The number of fused-ring (bicyclic) bond motifs is 1. The number of carbonyl (C=O) groups excluding carboxylic acids is 2. The maximum Gasteiger partial charge on any atom is 0.302 e. The number of esters is 1. The van der Waals surface area contributed by atoms with E-state index in [-0.39, 0.29) is 28.7 Å². The zero-order valence-electron chi connectivity index (χ0n) is 16.2. The molecule has 4 atom stereocenters. The van der Waals surface area contributed by atoms with E-state index in [1.54, 1.807) is 0 Å². The summed E-state index contributed by atoms with van der Waals surface area (Å²) in [6, 6.07) is 0. The summed E-state index contributed by atoms with van der Waals surface area (Å²) in [4.78, 5) is 23.4. The molecule has 25 heavy (non-hydrogen) atoms. The molecule has 3 nitrogen and oxygen atoms in total. The van der Waals surface area contributed by atoms with Gasteiger partial charge in [0.1, 0.15) is 6.10 Å². The molecule has 0 aromatic rings. The Hall–Kier alpha value is -1.38. The van der Waals surface area contributed by atoms with Gasteiger partial charge in [-0.05, 0) is 56.9 Å². The van der Waals surface area contributed by atoms with Gasteiger partial charge in [0.05, 0.1) is 0 Å². The molecule has 2 unspecified atom stereocenters. The highest BCUT2D eigenvalue weighted by atomic mass is 16.5. The SMILES string of the molecule is CCC1=CC(=O)CC[C@]1(C)C1=CC[C@@]2(C)C(CC1)CCC2OC(C)=O. The third-order valence-corrected chi connectivity index (χ3v) is 7.31.